The Kier molecular flexibility index (Phi) is 13.4. The Hall–Kier alpha value is -4.85. The van der Waals surface area contributed by atoms with E-state index < -0.39 is 17.6 Å². The molecule has 6 N–H and O–H groups in total. The second kappa shape index (κ2) is 18.4. The summed E-state index contributed by atoms with van der Waals surface area (Å²) in [5, 5.41) is 27.0. The number of rotatable bonds is 16. The van der Waals surface area contributed by atoms with Gasteiger partial charge in [0.25, 0.3) is 5.91 Å². The zero-order chi connectivity index (χ0) is 39.8. The van der Waals surface area contributed by atoms with Crippen LogP contribution in [0, 0.1) is 11.3 Å². The molecule has 3 aromatic heterocycles. The highest BCUT2D eigenvalue weighted by atomic mass is 16.3. The Morgan fingerprint density at radius 1 is 0.929 bits per heavy atom. The molecule has 0 aromatic carbocycles. The number of carbonyl (C=O) groups is 4. The lowest BCUT2D eigenvalue weighted by Crippen LogP contribution is -2.55. The molecule has 3 atom stereocenters. The summed E-state index contributed by atoms with van der Waals surface area (Å²) in [4.78, 5) is 67.5. The molecule has 4 heterocycles. The first-order valence-corrected chi connectivity index (χ1v) is 20.4. The van der Waals surface area contributed by atoms with Crippen LogP contribution in [-0.4, -0.2) is 91.9 Å². The molecule has 302 valence electrons. The van der Waals surface area contributed by atoms with Crippen molar-refractivity contribution in [2.75, 3.05) is 23.7 Å². The highest BCUT2D eigenvalue weighted by Crippen LogP contribution is 2.31. The zero-order valence-corrected chi connectivity index (χ0v) is 33.3. The van der Waals surface area contributed by atoms with Gasteiger partial charge in [0.2, 0.25) is 17.7 Å². The van der Waals surface area contributed by atoms with Crippen LogP contribution in [0.4, 0.5) is 17.3 Å². The number of aliphatic hydroxyl groups excluding tert-OH is 1. The third kappa shape index (κ3) is 11.1. The molecule has 1 saturated heterocycles. The lowest BCUT2D eigenvalue weighted by molar-refractivity contribution is -0.140. The minimum absolute atomic E-state index is 0.0138. The van der Waals surface area contributed by atoms with Crippen LogP contribution >= 0.6 is 0 Å². The predicted octanol–water partition coefficient (Wildman–Crippen LogP) is 5.21. The minimum Gasteiger partial charge on any atom is -0.391 e. The Bertz CT molecular complexity index is 1850. The van der Waals surface area contributed by atoms with Crippen LogP contribution in [-0.2, 0) is 14.4 Å². The second-order valence-corrected chi connectivity index (χ2v) is 17.0. The smallest absolute Gasteiger partial charge is 0.255 e. The third-order valence-corrected chi connectivity index (χ3v) is 11.1. The first-order valence-electron chi connectivity index (χ1n) is 20.4. The lowest BCUT2D eigenvalue weighted by Gasteiger charge is -2.35. The third-order valence-electron chi connectivity index (χ3n) is 11.1. The molecule has 0 radical (unpaired) electrons. The molecular weight excluding hydrogens is 711 g/mol. The number of fused-ring (bicyclic) bond motifs is 1. The topological polar surface area (TPSA) is 191 Å². The lowest BCUT2D eigenvalue weighted by atomic mass is 9.85. The fourth-order valence-corrected chi connectivity index (χ4v) is 7.68. The Balaban J connectivity index is 0.875. The Morgan fingerprint density at radius 2 is 1.68 bits per heavy atom. The fraction of sp³-hybridized carbons (Fsp3) is 0.595. The van der Waals surface area contributed by atoms with Gasteiger partial charge in [-0.1, -0.05) is 33.6 Å². The molecule has 14 heteroatoms. The standard InChI is InChI=1S/C42H59N9O5/c1-26-21-31(52)25-51(26)41(56)38(42(2,3)4)50-37(53)9-7-5-6-8-19-44-39(54)27-10-13-30(14-11-27)47-40(55)32-24-45-36(22-34(32)46-29-15-16-29)49-35-17-12-28-23-43-20-18-33(28)48-35/h12,17-18,20,22-24,26-27,29-31,38,52H,5-11,13-16,19,21,25H2,1-4H3,(H,44,54)(H,47,55)(H,50,53)(H2,45,46,48,49)/t26-,27-,30-,31-,38+/m1/s1. The van der Waals surface area contributed by atoms with Gasteiger partial charge < -0.3 is 36.6 Å². The molecule has 3 aliphatic rings. The minimum atomic E-state index is -0.650. The van der Waals surface area contributed by atoms with Gasteiger partial charge in [-0.3, -0.25) is 24.2 Å². The van der Waals surface area contributed by atoms with E-state index in [1.54, 1.807) is 23.5 Å². The maximum atomic E-state index is 13.5. The summed E-state index contributed by atoms with van der Waals surface area (Å²) in [6.45, 7) is 8.64. The summed E-state index contributed by atoms with van der Waals surface area (Å²) in [7, 11) is 0. The number of pyridine rings is 3. The predicted molar refractivity (Wildman–Crippen MR) is 216 cm³/mol. The average Bonchev–Trinajstić information content (AvgIpc) is 3.92. The van der Waals surface area contributed by atoms with E-state index in [1.807, 2.05) is 52.0 Å². The van der Waals surface area contributed by atoms with Gasteiger partial charge in [-0.05, 0) is 88.3 Å². The fourth-order valence-electron chi connectivity index (χ4n) is 7.68. The zero-order valence-electron chi connectivity index (χ0n) is 33.3. The highest BCUT2D eigenvalue weighted by Gasteiger charge is 2.40. The number of nitrogens with one attached hydrogen (secondary N) is 5. The number of anilines is 3. The number of β-amino-alcohol motifs (C(OH)–C–C–N with tert-alkyl or cyclic N) is 1. The van der Waals surface area contributed by atoms with Crippen molar-refractivity contribution in [3.8, 4) is 0 Å². The van der Waals surface area contributed by atoms with Gasteiger partial charge in [-0.2, -0.15) is 0 Å². The van der Waals surface area contributed by atoms with Gasteiger partial charge >= 0.3 is 0 Å². The van der Waals surface area contributed by atoms with Crippen molar-refractivity contribution in [2.45, 2.75) is 135 Å². The number of nitrogens with zero attached hydrogens (tertiary/aromatic N) is 4. The van der Waals surface area contributed by atoms with Crippen molar-refractivity contribution in [2.24, 2.45) is 11.3 Å². The van der Waals surface area contributed by atoms with Crippen LogP contribution in [0.3, 0.4) is 0 Å². The Morgan fingerprint density at radius 3 is 2.39 bits per heavy atom. The van der Waals surface area contributed by atoms with E-state index in [0.717, 1.165) is 61.5 Å². The molecule has 0 bridgehead atoms. The molecule has 4 amide bonds. The number of carbonyl (C=O) groups excluding carboxylic acids is 4. The van der Waals surface area contributed by atoms with E-state index in [-0.39, 0.29) is 41.6 Å². The number of aliphatic hydroxyl groups is 1. The Labute approximate surface area is 329 Å². The number of aromatic nitrogens is 3. The molecule has 2 saturated carbocycles. The number of unbranched alkanes of at least 4 members (excludes halogenated alkanes) is 3. The van der Waals surface area contributed by atoms with E-state index in [4.69, 9.17) is 0 Å². The quantitative estimate of drug-likeness (QED) is 0.106. The summed E-state index contributed by atoms with van der Waals surface area (Å²) >= 11 is 0. The van der Waals surface area contributed by atoms with Gasteiger partial charge in [-0.25, -0.2) is 9.97 Å². The monoisotopic (exact) mass is 769 g/mol. The van der Waals surface area contributed by atoms with Crippen molar-refractivity contribution in [3.63, 3.8) is 0 Å². The molecule has 56 heavy (non-hydrogen) atoms. The number of likely N-dealkylation sites (tertiary alicyclic amines) is 1. The van der Waals surface area contributed by atoms with Crippen LogP contribution in [0.1, 0.15) is 115 Å². The summed E-state index contributed by atoms with van der Waals surface area (Å²) in [5.74, 6) is 0.783. The van der Waals surface area contributed by atoms with Crippen molar-refractivity contribution in [1.82, 2.24) is 35.8 Å². The van der Waals surface area contributed by atoms with Crippen molar-refractivity contribution < 1.29 is 24.3 Å². The summed E-state index contributed by atoms with van der Waals surface area (Å²) in [6, 6.07) is 7.18. The van der Waals surface area contributed by atoms with Crippen molar-refractivity contribution in [3.05, 3.63) is 48.4 Å². The molecule has 3 fully saturated rings. The number of hydrogen-bond donors (Lipinski definition) is 6. The summed E-state index contributed by atoms with van der Waals surface area (Å²) in [6.07, 6.45) is 13.7. The maximum Gasteiger partial charge on any atom is 0.255 e. The van der Waals surface area contributed by atoms with Gasteiger partial charge in [-0.15, -0.1) is 0 Å². The molecule has 1 aliphatic heterocycles. The van der Waals surface area contributed by atoms with Crippen LogP contribution in [0.2, 0.25) is 0 Å². The van der Waals surface area contributed by atoms with Gasteiger partial charge in [0.1, 0.15) is 17.7 Å². The summed E-state index contributed by atoms with van der Waals surface area (Å²) in [5.41, 5.74) is 1.60. The normalized spacial score (nSPS) is 21.6. The molecular formula is C42H59N9O5. The number of hydrogen-bond acceptors (Lipinski definition) is 10. The molecule has 14 nitrogen and oxygen atoms in total. The maximum absolute atomic E-state index is 13.5. The van der Waals surface area contributed by atoms with Gasteiger partial charge in [0.15, 0.2) is 0 Å². The molecule has 0 unspecified atom stereocenters. The van der Waals surface area contributed by atoms with E-state index in [2.05, 4.69) is 41.5 Å². The van der Waals surface area contributed by atoms with Crippen LogP contribution < -0.4 is 26.6 Å². The first kappa shape index (κ1) is 40.8. The van der Waals surface area contributed by atoms with Crippen molar-refractivity contribution in [1.29, 1.82) is 0 Å². The van der Waals surface area contributed by atoms with Crippen molar-refractivity contribution >= 4 is 51.9 Å². The summed E-state index contributed by atoms with van der Waals surface area (Å²) < 4.78 is 0. The average molecular weight is 770 g/mol. The molecule has 3 aromatic rings. The van der Waals surface area contributed by atoms with Gasteiger partial charge in [0.05, 0.1) is 22.9 Å². The largest absolute Gasteiger partial charge is 0.391 e. The molecule has 0 spiro atoms. The van der Waals surface area contributed by atoms with E-state index in [0.29, 0.717) is 68.4 Å². The van der Waals surface area contributed by atoms with Crippen LogP contribution in [0.5, 0.6) is 0 Å². The second-order valence-electron chi connectivity index (χ2n) is 17.0. The first-order chi connectivity index (χ1) is 26.8. The van der Waals surface area contributed by atoms with Crippen LogP contribution in [0.25, 0.3) is 10.9 Å². The van der Waals surface area contributed by atoms with E-state index in [1.165, 1.54) is 0 Å². The van der Waals surface area contributed by atoms with E-state index >= 15 is 0 Å². The SMILES string of the molecule is C[C@@H]1C[C@@H](O)CN1C(=O)[C@H](NC(=O)CCCCCCNC(=O)[C@H]1CC[C@H](NC(=O)c2cnc(Nc3ccc4cnccc4n3)cc2NC2CC2)CC1)C(C)(C)C. The van der Waals surface area contributed by atoms with E-state index in [9.17, 15) is 24.3 Å². The van der Waals surface area contributed by atoms with Gasteiger partial charge in [0, 0.05) is 73.6 Å². The van der Waals surface area contributed by atoms with Crippen LogP contribution in [0.15, 0.2) is 42.9 Å². The number of amides is 4. The molecule has 2 aliphatic carbocycles. The highest BCUT2D eigenvalue weighted by molar-refractivity contribution is 6.00. The molecule has 6 rings (SSSR count).